The van der Waals surface area contributed by atoms with Gasteiger partial charge in [0.2, 0.25) is 0 Å². The molecule has 1 aromatic heterocycles. The zero-order valence-corrected chi connectivity index (χ0v) is 10.2. The lowest BCUT2D eigenvalue weighted by Crippen LogP contribution is -2.28. The molecule has 4 heteroatoms. The molecule has 0 amide bonds. The molecule has 1 N–H and O–H groups in total. The fraction of sp³-hybridized carbons (Fsp3) is 0.727. The molecule has 86 valence electrons. The van der Waals surface area contributed by atoms with Crippen molar-refractivity contribution in [3.63, 3.8) is 0 Å². The maximum absolute atomic E-state index is 11.8. The molecule has 1 heterocycles. The Balaban J connectivity index is 2.97. The van der Waals surface area contributed by atoms with Crippen LogP contribution in [0, 0.1) is 13.8 Å². The predicted octanol–water partition coefficient (Wildman–Crippen LogP) is 0.965. The highest BCUT2D eigenvalue weighted by molar-refractivity contribution is 5.10. The van der Waals surface area contributed by atoms with Crippen LogP contribution in [0.2, 0.25) is 0 Å². The van der Waals surface area contributed by atoms with E-state index in [9.17, 15) is 9.90 Å². The van der Waals surface area contributed by atoms with Crippen LogP contribution in [0.4, 0.5) is 0 Å². The lowest BCUT2D eigenvalue weighted by Gasteiger charge is -2.17. The van der Waals surface area contributed by atoms with E-state index in [4.69, 9.17) is 0 Å². The molecule has 0 aliphatic rings. The SMILES string of the molecule is Cc1c(C)n(CCC(C)(C)O)c(=O)n1C. The van der Waals surface area contributed by atoms with Gasteiger partial charge in [-0.3, -0.25) is 9.13 Å². The van der Waals surface area contributed by atoms with Gasteiger partial charge in [0, 0.05) is 25.0 Å². The number of aromatic nitrogens is 2. The van der Waals surface area contributed by atoms with Gasteiger partial charge in [0.05, 0.1) is 5.60 Å². The van der Waals surface area contributed by atoms with E-state index in [1.54, 1.807) is 30.0 Å². The van der Waals surface area contributed by atoms with Crippen molar-refractivity contribution in [1.82, 2.24) is 9.13 Å². The van der Waals surface area contributed by atoms with Crippen molar-refractivity contribution in [2.45, 2.75) is 46.3 Å². The van der Waals surface area contributed by atoms with Crippen molar-refractivity contribution in [2.24, 2.45) is 7.05 Å². The number of imidazole rings is 1. The zero-order valence-electron chi connectivity index (χ0n) is 10.2. The average Bonchev–Trinajstić information content (AvgIpc) is 2.28. The number of hydrogen-bond acceptors (Lipinski definition) is 2. The molecule has 0 fully saturated rings. The van der Waals surface area contributed by atoms with Crippen LogP contribution in [0.3, 0.4) is 0 Å². The summed E-state index contributed by atoms with van der Waals surface area (Å²) in [5.74, 6) is 0. The highest BCUT2D eigenvalue weighted by Gasteiger charge is 2.16. The van der Waals surface area contributed by atoms with Crippen molar-refractivity contribution in [3.05, 3.63) is 21.9 Å². The molecule has 0 bridgehead atoms. The minimum absolute atomic E-state index is 0.00532. The Morgan fingerprint density at radius 1 is 1.27 bits per heavy atom. The third-order valence-corrected chi connectivity index (χ3v) is 2.90. The molecule has 0 radical (unpaired) electrons. The molecule has 0 saturated heterocycles. The molecule has 0 aliphatic heterocycles. The van der Waals surface area contributed by atoms with E-state index in [2.05, 4.69) is 0 Å². The first kappa shape index (κ1) is 12.0. The number of hydrogen-bond donors (Lipinski definition) is 1. The largest absolute Gasteiger partial charge is 0.390 e. The quantitative estimate of drug-likeness (QED) is 0.811. The molecule has 1 rings (SSSR count). The highest BCUT2D eigenvalue weighted by Crippen LogP contribution is 2.10. The Labute approximate surface area is 90.2 Å². The summed E-state index contributed by atoms with van der Waals surface area (Å²) in [5.41, 5.74) is 1.23. The fourth-order valence-electron chi connectivity index (χ4n) is 1.55. The van der Waals surface area contributed by atoms with Crippen LogP contribution in [0.25, 0.3) is 0 Å². The molecule has 0 aliphatic carbocycles. The Morgan fingerprint density at radius 3 is 2.13 bits per heavy atom. The van der Waals surface area contributed by atoms with Gasteiger partial charge in [0.15, 0.2) is 0 Å². The lowest BCUT2D eigenvalue weighted by molar-refractivity contribution is 0.0657. The summed E-state index contributed by atoms with van der Waals surface area (Å²) in [6.45, 7) is 7.93. The van der Waals surface area contributed by atoms with Crippen molar-refractivity contribution >= 4 is 0 Å². The van der Waals surface area contributed by atoms with Gasteiger partial charge in [-0.05, 0) is 34.1 Å². The topological polar surface area (TPSA) is 47.2 Å². The lowest BCUT2D eigenvalue weighted by atomic mass is 10.1. The van der Waals surface area contributed by atoms with Crippen LogP contribution in [0.1, 0.15) is 31.7 Å². The van der Waals surface area contributed by atoms with Crippen molar-refractivity contribution in [2.75, 3.05) is 0 Å². The molecule has 0 atom stereocenters. The van der Waals surface area contributed by atoms with E-state index in [-0.39, 0.29) is 5.69 Å². The minimum Gasteiger partial charge on any atom is -0.390 e. The maximum atomic E-state index is 11.8. The normalized spacial score (nSPS) is 12.1. The molecule has 4 nitrogen and oxygen atoms in total. The summed E-state index contributed by atoms with van der Waals surface area (Å²) in [6.07, 6.45) is 0.581. The molecule has 0 aromatic carbocycles. The second-order valence-corrected chi connectivity index (χ2v) is 4.73. The highest BCUT2D eigenvalue weighted by atomic mass is 16.3. The van der Waals surface area contributed by atoms with Crippen LogP contribution in [0.5, 0.6) is 0 Å². The number of aliphatic hydroxyl groups is 1. The molecular weight excluding hydrogens is 192 g/mol. The summed E-state index contributed by atoms with van der Waals surface area (Å²) in [5, 5.41) is 9.61. The van der Waals surface area contributed by atoms with Gasteiger partial charge < -0.3 is 5.11 Å². The summed E-state index contributed by atoms with van der Waals surface area (Å²) in [7, 11) is 1.77. The van der Waals surface area contributed by atoms with E-state index in [0.29, 0.717) is 13.0 Å². The third-order valence-electron chi connectivity index (χ3n) is 2.90. The summed E-state index contributed by atoms with van der Waals surface area (Å²) in [6, 6.07) is 0. The van der Waals surface area contributed by atoms with Crippen molar-refractivity contribution in [3.8, 4) is 0 Å². The van der Waals surface area contributed by atoms with Gasteiger partial charge in [-0.15, -0.1) is 0 Å². The molecule has 0 saturated carbocycles. The smallest absolute Gasteiger partial charge is 0.328 e. The Morgan fingerprint density at radius 2 is 1.80 bits per heavy atom. The second-order valence-electron chi connectivity index (χ2n) is 4.73. The number of rotatable bonds is 3. The Bertz CT molecular complexity index is 407. The molecule has 0 spiro atoms. The second kappa shape index (κ2) is 3.85. The predicted molar refractivity (Wildman–Crippen MR) is 60.1 cm³/mol. The van der Waals surface area contributed by atoms with Gasteiger partial charge in [0.1, 0.15) is 0 Å². The maximum Gasteiger partial charge on any atom is 0.328 e. The molecular formula is C11H20N2O2. The minimum atomic E-state index is -0.727. The van der Waals surface area contributed by atoms with Crippen LogP contribution in [0.15, 0.2) is 4.79 Å². The van der Waals surface area contributed by atoms with Gasteiger partial charge in [-0.25, -0.2) is 4.79 Å². The standard InChI is InChI=1S/C11H20N2O2/c1-8-9(2)13(10(14)12(8)5)7-6-11(3,4)15/h15H,6-7H2,1-5H3. The van der Waals surface area contributed by atoms with Gasteiger partial charge in [-0.1, -0.05) is 0 Å². The van der Waals surface area contributed by atoms with Gasteiger partial charge in [0.25, 0.3) is 0 Å². The van der Waals surface area contributed by atoms with E-state index in [1.807, 2.05) is 13.8 Å². The van der Waals surface area contributed by atoms with Crippen LogP contribution >= 0.6 is 0 Å². The molecule has 15 heavy (non-hydrogen) atoms. The van der Waals surface area contributed by atoms with Gasteiger partial charge >= 0.3 is 5.69 Å². The Kier molecular flexibility index (Phi) is 3.09. The molecule has 1 aromatic rings. The summed E-state index contributed by atoms with van der Waals surface area (Å²) in [4.78, 5) is 11.8. The monoisotopic (exact) mass is 212 g/mol. The van der Waals surface area contributed by atoms with E-state index in [0.717, 1.165) is 11.4 Å². The summed E-state index contributed by atoms with van der Waals surface area (Å²) >= 11 is 0. The van der Waals surface area contributed by atoms with E-state index in [1.165, 1.54) is 0 Å². The zero-order chi connectivity index (χ0) is 11.8. The molecule has 0 unspecified atom stereocenters. The fourth-order valence-corrected chi connectivity index (χ4v) is 1.55. The average molecular weight is 212 g/mol. The van der Waals surface area contributed by atoms with E-state index >= 15 is 0 Å². The first-order valence-electron chi connectivity index (χ1n) is 5.19. The van der Waals surface area contributed by atoms with Crippen LogP contribution in [-0.4, -0.2) is 19.8 Å². The van der Waals surface area contributed by atoms with Crippen molar-refractivity contribution in [1.29, 1.82) is 0 Å². The van der Waals surface area contributed by atoms with Crippen molar-refractivity contribution < 1.29 is 5.11 Å². The van der Waals surface area contributed by atoms with Gasteiger partial charge in [-0.2, -0.15) is 0 Å². The number of nitrogens with zero attached hydrogens (tertiary/aromatic N) is 2. The first-order valence-corrected chi connectivity index (χ1v) is 5.19. The van der Waals surface area contributed by atoms with Crippen LogP contribution < -0.4 is 5.69 Å². The van der Waals surface area contributed by atoms with E-state index < -0.39 is 5.60 Å². The third kappa shape index (κ3) is 2.50. The van der Waals surface area contributed by atoms with Crippen LogP contribution in [-0.2, 0) is 13.6 Å². The Hall–Kier alpha value is -1.03. The first-order chi connectivity index (χ1) is 6.74. The summed E-state index contributed by atoms with van der Waals surface area (Å²) < 4.78 is 3.35.